The molecular weight excluding hydrogens is 258 g/mol. The lowest BCUT2D eigenvalue weighted by molar-refractivity contribution is -0.142. The zero-order chi connectivity index (χ0) is 15.0. The minimum atomic E-state index is -1.89. The number of nitrogens with one attached hydrogen (secondary N) is 1. The first kappa shape index (κ1) is 16.4. The van der Waals surface area contributed by atoms with Gasteiger partial charge in [0, 0.05) is 5.92 Å². The van der Waals surface area contributed by atoms with Crippen molar-refractivity contribution in [2.24, 2.45) is 11.8 Å². The van der Waals surface area contributed by atoms with Crippen LogP contribution in [0.1, 0.15) is 34.6 Å². The van der Waals surface area contributed by atoms with Gasteiger partial charge >= 0.3 is 0 Å². The van der Waals surface area contributed by atoms with Gasteiger partial charge in [0.1, 0.15) is 6.29 Å². The second-order valence-electron chi connectivity index (χ2n) is 7.14. The van der Waals surface area contributed by atoms with Crippen LogP contribution in [0.2, 0.25) is 18.1 Å². The van der Waals surface area contributed by atoms with E-state index in [9.17, 15) is 9.59 Å². The van der Waals surface area contributed by atoms with Crippen molar-refractivity contribution >= 4 is 20.5 Å². The van der Waals surface area contributed by atoms with Gasteiger partial charge in [0.2, 0.25) is 5.91 Å². The number of hydrogen-bond donors (Lipinski definition) is 1. The van der Waals surface area contributed by atoms with Crippen LogP contribution in [0.25, 0.3) is 0 Å². The first-order valence-corrected chi connectivity index (χ1v) is 9.85. The van der Waals surface area contributed by atoms with Crippen LogP contribution < -0.4 is 5.32 Å². The average molecular weight is 285 g/mol. The van der Waals surface area contributed by atoms with Crippen LogP contribution in [-0.4, -0.2) is 32.7 Å². The number of rotatable bonds is 5. The van der Waals surface area contributed by atoms with Gasteiger partial charge in [0.25, 0.3) is 0 Å². The van der Waals surface area contributed by atoms with Gasteiger partial charge in [-0.2, -0.15) is 0 Å². The van der Waals surface area contributed by atoms with Crippen molar-refractivity contribution in [1.29, 1.82) is 0 Å². The van der Waals surface area contributed by atoms with Crippen LogP contribution in [0.4, 0.5) is 0 Å². The highest BCUT2D eigenvalue weighted by Crippen LogP contribution is 2.39. The molecule has 1 aliphatic heterocycles. The summed E-state index contributed by atoms with van der Waals surface area (Å²) in [7, 11) is -1.89. The van der Waals surface area contributed by atoms with E-state index in [0.717, 1.165) is 6.29 Å². The Kier molecular flexibility index (Phi) is 4.62. The van der Waals surface area contributed by atoms with E-state index in [4.69, 9.17) is 4.43 Å². The molecule has 1 saturated heterocycles. The Morgan fingerprint density at radius 3 is 2.21 bits per heavy atom. The predicted molar refractivity (Wildman–Crippen MR) is 78.4 cm³/mol. The molecule has 0 aromatic carbocycles. The van der Waals surface area contributed by atoms with Crippen LogP contribution in [0.5, 0.6) is 0 Å². The third-order valence-corrected chi connectivity index (χ3v) is 9.15. The fourth-order valence-corrected chi connectivity index (χ4v) is 3.61. The second-order valence-corrected chi connectivity index (χ2v) is 11.9. The molecule has 0 saturated carbocycles. The molecule has 1 N–H and O–H groups in total. The fourth-order valence-electron chi connectivity index (χ4n) is 2.18. The molecule has 1 aliphatic rings. The van der Waals surface area contributed by atoms with Gasteiger partial charge in [-0.1, -0.05) is 27.7 Å². The summed E-state index contributed by atoms with van der Waals surface area (Å²) in [4.78, 5) is 22.6. The van der Waals surface area contributed by atoms with E-state index in [1.165, 1.54) is 0 Å². The quantitative estimate of drug-likeness (QED) is 0.479. The van der Waals surface area contributed by atoms with Crippen molar-refractivity contribution < 1.29 is 14.0 Å². The number of hydrogen-bond acceptors (Lipinski definition) is 3. The topological polar surface area (TPSA) is 55.4 Å². The first-order chi connectivity index (χ1) is 8.51. The van der Waals surface area contributed by atoms with Crippen molar-refractivity contribution in [2.75, 3.05) is 0 Å². The Hall–Kier alpha value is -0.683. The molecule has 0 aromatic rings. The summed E-state index contributed by atoms with van der Waals surface area (Å²) in [6.45, 7) is 14.7. The maximum atomic E-state index is 11.7. The Balaban J connectivity index is 2.75. The van der Waals surface area contributed by atoms with Gasteiger partial charge in [-0.05, 0) is 25.1 Å². The van der Waals surface area contributed by atoms with Gasteiger partial charge in [-0.3, -0.25) is 4.79 Å². The van der Waals surface area contributed by atoms with Crippen LogP contribution >= 0.6 is 0 Å². The third-order valence-electron chi connectivity index (χ3n) is 4.57. The molecule has 4 nitrogen and oxygen atoms in total. The maximum Gasteiger partial charge on any atom is 0.228 e. The lowest BCUT2D eigenvalue weighted by Gasteiger charge is -2.46. The minimum absolute atomic E-state index is 0.00455. The summed E-state index contributed by atoms with van der Waals surface area (Å²) >= 11 is 0. The first-order valence-electron chi connectivity index (χ1n) is 6.95. The highest BCUT2D eigenvalue weighted by molar-refractivity contribution is 6.74. The van der Waals surface area contributed by atoms with E-state index in [2.05, 4.69) is 39.2 Å². The lowest BCUT2D eigenvalue weighted by Crippen LogP contribution is -2.66. The Labute approximate surface area is 117 Å². The zero-order valence-corrected chi connectivity index (χ0v) is 14.1. The van der Waals surface area contributed by atoms with Crippen molar-refractivity contribution in [3.8, 4) is 0 Å². The maximum absolute atomic E-state index is 11.7. The summed E-state index contributed by atoms with van der Waals surface area (Å²) in [6.07, 6.45) is 0.762. The molecule has 0 aliphatic carbocycles. The Morgan fingerprint density at radius 2 is 1.84 bits per heavy atom. The van der Waals surface area contributed by atoms with E-state index in [0.29, 0.717) is 0 Å². The molecule has 1 amide bonds. The molecule has 19 heavy (non-hydrogen) atoms. The average Bonchev–Trinajstić information content (AvgIpc) is 2.22. The fraction of sp³-hybridized carbons (Fsp3) is 0.857. The molecule has 5 heteroatoms. The molecule has 0 aromatic heterocycles. The Bertz CT molecular complexity index is 362. The number of aldehydes is 1. The molecule has 1 heterocycles. The van der Waals surface area contributed by atoms with Crippen molar-refractivity contribution in [2.45, 2.75) is 64.9 Å². The third kappa shape index (κ3) is 3.26. The summed E-state index contributed by atoms with van der Waals surface area (Å²) in [5.41, 5.74) is 0. The standard InChI is InChI=1S/C14H27NO3Si/c1-9(8-16)12-11(13(17)15-12)10(2)18-19(6,7)14(3,4)5/h8-12H,1-7H3,(H,15,17)/t9-,10+,11-,12+/m0/s1. The molecule has 0 spiro atoms. The van der Waals surface area contributed by atoms with Crippen molar-refractivity contribution in [3.05, 3.63) is 0 Å². The lowest BCUT2D eigenvalue weighted by atomic mass is 9.79. The summed E-state index contributed by atoms with van der Waals surface area (Å²) in [5, 5.41) is 2.93. The summed E-state index contributed by atoms with van der Waals surface area (Å²) in [5.74, 6) is -0.354. The van der Waals surface area contributed by atoms with Crippen LogP contribution in [0, 0.1) is 11.8 Å². The highest BCUT2D eigenvalue weighted by atomic mass is 28.4. The number of carbonyl (C=O) groups is 2. The molecule has 110 valence electrons. The number of carbonyl (C=O) groups excluding carboxylic acids is 2. The number of amides is 1. The van der Waals surface area contributed by atoms with E-state index < -0.39 is 8.32 Å². The van der Waals surface area contributed by atoms with Gasteiger partial charge in [-0.15, -0.1) is 0 Å². The van der Waals surface area contributed by atoms with Crippen molar-refractivity contribution in [3.63, 3.8) is 0 Å². The molecule has 0 bridgehead atoms. The van der Waals surface area contributed by atoms with Gasteiger partial charge in [0.05, 0.1) is 18.1 Å². The highest BCUT2D eigenvalue weighted by Gasteiger charge is 2.48. The van der Waals surface area contributed by atoms with E-state index in [1.807, 2.05) is 13.8 Å². The largest absolute Gasteiger partial charge is 0.413 e. The molecular formula is C14H27NO3Si. The van der Waals surface area contributed by atoms with Crippen LogP contribution in [0.3, 0.4) is 0 Å². The van der Waals surface area contributed by atoms with Gasteiger partial charge in [-0.25, -0.2) is 0 Å². The number of β-lactam (4-membered cyclic amide) rings is 1. The molecule has 1 rings (SSSR count). The summed E-state index contributed by atoms with van der Waals surface area (Å²) in [6, 6.07) is -0.0789. The van der Waals surface area contributed by atoms with E-state index in [-0.39, 0.29) is 34.9 Å². The molecule has 4 atom stereocenters. The van der Waals surface area contributed by atoms with Gasteiger partial charge in [0.15, 0.2) is 8.32 Å². The minimum Gasteiger partial charge on any atom is -0.413 e. The SMILES string of the molecule is C[C@@H](C=O)[C@H]1NC(=O)[C@H]1[C@@H](C)O[Si](C)(C)C(C)(C)C. The van der Waals surface area contributed by atoms with Crippen molar-refractivity contribution in [1.82, 2.24) is 5.32 Å². The van der Waals surface area contributed by atoms with Crippen LogP contribution in [0.15, 0.2) is 0 Å². The molecule has 0 unspecified atom stereocenters. The predicted octanol–water partition coefficient (Wildman–Crippen LogP) is 2.35. The monoisotopic (exact) mass is 285 g/mol. The normalized spacial score (nSPS) is 27.2. The molecule has 0 radical (unpaired) electrons. The smallest absolute Gasteiger partial charge is 0.228 e. The summed E-state index contributed by atoms with van der Waals surface area (Å²) < 4.78 is 6.26. The van der Waals surface area contributed by atoms with E-state index in [1.54, 1.807) is 0 Å². The zero-order valence-electron chi connectivity index (χ0n) is 13.1. The van der Waals surface area contributed by atoms with Gasteiger partial charge < -0.3 is 14.5 Å². The van der Waals surface area contributed by atoms with E-state index >= 15 is 0 Å². The Morgan fingerprint density at radius 1 is 1.32 bits per heavy atom. The molecule has 1 fully saturated rings. The van der Waals surface area contributed by atoms with Crippen LogP contribution in [-0.2, 0) is 14.0 Å². The second kappa shape index (κ2) is 5.36.